The van der Waals surface area contributed by atoms with Crippen LogP contribution in [0.1, 0.15) is 48.0 Å². The van der Waals surface area contributed by atoms with Gasteiger partial charge in [0.1, 0.15) is 16.5 Å². The number of rotatable bonds is 4. The summed E-state index contributed by atoms with van der Waals surface area (Å²) in [4.78, 5) is 15.5. The van der Waals surface area contributed by atoms with E-state index in [2.05, 4.69) is 42.2 Å². The van der Waals surface area contributed by atoms with Crippen LogP contribution in [0.2, 0.25) is 0 Å². The molecule has 1 aliphatic heterocycles. The first-order valence-electron chi connectivity index (χ1n) is 10.4. The summed E-state index contributed by atoms with van der Waals surface area (Å²) in [5, 5.41) is 1.38. The lowest BCUT2D eigenvalue weighted by Crippen LogP contribution is -2.21. The summed E-state index contributed by atoms with van der Waals surface area (Å²) in [7, 11) is 0. The first-order valence-corrected chi connectivity index (χ1v) is 11.2. The van der Waals surface area contributed by atoms with E-state index in [0.717, 1.165) is 37.7 Å². The molecule has 0 amide bonds. The Hall–Kier alpha value is -1.94. The van der Waals surface area contributed by atoms with Crippen molar-refractivity contribution in [2.45, 2.75) is 51.9 Å². The van der Waals surface area contributed by atoms with Crippen LogP contribution >= 0.6 is 11.3 Å². The fourth-order valence-electron chi connectivity index (χ4n) is 4.54. The second-order valence-electron chi connectivity index (χ2n) is 8.18. The molecule has 4 heteroatoms. The van der Waals surface area contributed by atoms with Crippen LogP contribution in [-0.2, 0) is 25.7 Å². The Morgan fingerprint density at radius 3 is 2.70 bits per heavy atom. The molecule has 2 aliphatic rings. The predicted molar refractivity (Wildman–Crippen MR) is 114 cm³/mol. The Morgan fingerprint density at radius 1 is 1.07 bits per heavy atom. The zero-order chi connectivity index (χ0) is 18.2. The summed E-state index contributed by atoms with van der Waals surface area (Å²) >= 11 is 1.93. The highest BCUT2D eigenvalue weighted by Crippen LogP contribution is 2.41. The van der Waals surface area contributed by atoms with Crippen molar-refractivity contribution in [3.63, 3.8) is 0 Å². The van der Waals surface area contributed by atoms with Crippen LogP contribution in [0.3, 0.4) is 0 Å². The maximum atomic E-state index is 5.12. The lowest BCUT2D eigenvalue weighted by molar-refractivity contribution is 0.509. The van der Waals surface area contributed by atoms with Crippen molar-refractivity contribution in [3.8, 4) is 0 Å². The third kappa shape index (κ3) is 3.36. The average Bonchev–Trinajstić information content (AvgIpc) is 3.34. The topological polar surface area (TPSA) is 29.0 Å². The first-order chi connectivity index (χ1) is 13.3. The molecule has 1 saturated heterocycles. The first kappa shape index (κ1) is 17.2. The second kappa shape index (κ2) is 7.23. The molecular formula is C23H27N3S. The van der Waals surface area contributed by atoms with E-state index in [1.54, 1.807) is 10.4 Å². The molecule has 2 aromatic heterocycles. The number of hydrogen-bond donors (Lipinski definition) is 0. The van der Waals surface area contributed by atoms with Crippen molar-refractivity contribution in [1.82, 2.24) is 9.97 Å². The zero-order valence-corrected chi connectivity index (χ0v) is 16.9. The summed E-state index contributed by atoms with van der Waals surface area (Å²) in [6.45, 7) is 4.67. The quantitative estimate of drug-likeness (QED) is 0.626. The molecular weight excluding hydrogens is 350 g/mol. The zero-order valence-electron chi connectivity index (χ0n) is 16.1. The third-order valence-corrected chi connectivity index (χ3v) is 7.22. The van der Waals surface area contributed by atoms with Crippen LogP contribution in [0.5, 0.6) is 0 Å². The number of hydrogen-bond acceptors (Lipinski definition) is 4. The molecule has 0 bridgehead atoms. The normalized spacial score (nSPS) is 19.6. The lowest BCUT2D eigenvalue weighted by Gasteiger charge is -2.21. The highest BCUT2D eigenvalue weighted by molar-refractivity contribution is 7.19. The molecule has 1 aromatic carbocycles. The molecule has 0 spiro atoms. The molecule has 3 aromatic rings. The Bertz CT molecular complexity index is 941. The molecule has 5 rings (SSSR count). The average molecular weight is 378 g/mol. The minimum atomic E-state index is 0.798. The van der Waals surface area contributed by atoms with E-state index >= 15 is 0 Å². The fourth-order valence-corrected chi connectivity index (χ4v) is 5.93. The van der Waals surface area contributed by atoms with Crippen molar-refractivity contribution in [2.75, 3.05) is 18.0 Å². The summed E-state index contributed by atoms with van der Waals surface area (Å²) in [6, 6.07) is 10.7. The molecule has 3 heterocycles. The molecule has 27 heavy (non-hydrogen) atoms. The molecule has 1 fully saturated rings. The number of nitrogens with zero attached hydrogens (tertiary/aromatic N) is 3. The van der Waals surface area contributed by atoms with Gasteiger partial charge in [0.25, 0.3) is 0 Å². The summed E-state index contributed by atoms with van der Waals surface area (Å²) in [5.41, 5.74) is 2.92. The van der Waals surface area contributed by atoms with Crippen molar-refractivity contribution in [1.29, 1.82) is 0 Å². The van der Waals surface area contributed by atoms with Gasteiger partial charge in [0.15, 0.2) is 0 Å². The van der Waals surface area contributed by atoms with E-state index < -0.39 is 0 Å². The van der Waals surface area contributed by atoms with Gasteiger partial charge in [0, 0.05) is 24.4 Å². The maximum absolute atomic E-state index is 5.12. The van der Waals surface area contributed by atoms with Crippen LogP contribution in [-0.4, -0.2) is 23.1 Å². The molecule has 0 saturated carbocycles. The Morgan fingerprint density at radius 2 is 1.89 bits per heavy atom. The van der Waals surface area contributed by atoms with Crippen molar-refractivity contribution >= 4 is 27.4 Å². The van der Waals surface area contributed by atoms with Crippen molar-refractivity contribution < 1.29 is 0 Å². The second-order valence-corrected chi connectivity index (χ2v) is 9.26. The molecule has 0 N–H and O–H groups in total. The minimum absolute atomic E-state index is 0.798. The Kier molecular flexibility index (Phi) is 4.60. The highest BCUT2D eigenvalue weighted by Gasteiger charge is 2.26. The third-order valence-electron chi connectivity index (χ3n) is 6.07. The van der Waals surface area contributed by atoms with Gasteiger partial charge in [-0.2, -0.15) is 0 Å². The minimum Gasteiger partial charge on any atom is -0.356 e. The van der Waals surface area contributed by atoms with E-state index in [1.807, 2.05) is 11.3 Å². The van der Waals surface area contributed by atoms with Gasteiger partial charge in [-0.1, -0.05) is 37.3 Å². The van der Waals surface area contributed by atoms with Gasteiger partial charge in [0.05, 0.1) is 5.39 Å². The molecule has 0 radical (unpaired) electrons. The molecule has 140 valence electrons. The molecule has 3 nitrogen and oxygen atoms in total. The van der Waals surface area contributed by atoms with Gasteiger partial charge in [0.2, 0.25) is 0 Å². The summed E-state index contributed by atoms with van der Waals surface area (Å²) in [5.74, 6) is 3.04. The SMILES string of the molecule is CC1CCc2c(sc3nc(CCc4ccccc4)nc(N4CCCC4)c23)C1. The number of thiophene rings is 1. The van der Waals surface area contributed by atoms with E-state index in [0.29, 0.717) is 0 Å². The van der Waals surface area contributed by atoms with Crippen molar-refractivity contribution in [3.05, 3.63) is 52.2 Å². The van der Waals surface area contributed by atoms with Gasteiger partial charge in [-0.15, -0.1) is 11.3 Å². The largest absolute Gasteiger partial charge is 0.356 e. The maximum Gasteiger partial charge on any atom is 0.141 e. The summed E-state index contributed by atoms with van der Waals surface area (Å²) < 4.78 is 0. The van der Waals surface area contributed by atoms with Crippen LogP contribution in [0, 0.1) is 5.92 Å². The number of aryl methyl sites for hydroxylation is 3. The number of aromatic nitrogens is 2. The fraction of sp³-hybridized carbons (Fsp3) is 0.478. The number of benzene rings is 1. The van der Waals surface area contributed by atoms with Crippen LogP contribution < -0.4 is 4.90 Å². The van der Waals surface area contributed by atoms with Gasteiger partial charge < -0.3 is 4.90 Å². The number of anilines is 1. The van der Waals surface area contributed by atoms with E-state index in [-0.39, 0.29) is 0 Å². The van der Waals surface area contributed by atoms with Crippen LogP contribution in [0.15, 0.2) is 30.3 Å². The molecule has 1 unspecified atom stereocenters. The monoisotopic (exact) mass is 377 g/mol. The lowest BCUT2D eigenvalue weighted by atomic mass is 9.89. The summed E-state index contributed by atoms with van der Waals surface area (Å²) in [6.07, 6.45) is 8.21. The molecule has 1 atom stereocenters. The molecule has 1 aliphatic carbocycles. The van der Waals surface area contributed by atoms with Gasteiger partial charge in [-0.3, -0.25) is 0 Å². The smallest absolute Gasteiger partial charge is 0.141 e. The van der Waals surface area contributed by atoms with E-state index in [4.69, 9.17) is 9.97 Å². The van der Waals surface area contributed by atoms with Gasteiger partial charge in [-0.25, -0.2) is 9.97 Å². The van der Waals surface area contributed by atoms with Gasteiger partial charge >= 0.3 is 0 Å². The highest BCUT2D eigenvalue weighted by atomic mass is 32.1. The van der Waals surface area contributed by atoms with Crippen LogP contribution in [0.4, 0.5) is 5.82 Å². The van der Waals surface area contributed by atoms with Gasteiger partial charge in [-0.05, 0) is 55.6 Å². The predicted octanol–water partition coefficient (Wildman–Crippen LogP) is 5.20. The van der Waals surface area contributed by atoms with E-state index in [9.17, 15) is 0 Å². The number of fused-ring (bicyclic) bond motifs is 3. The van der Waals surface area contributed by atoms with Crippen LogP contribution in [0.25, 0.3) is 10.2 Å². The Labute approximate surface area is 165 Å². The Balaban J connectivity index is 1.54. The standard InChI is InChI=1S/C23H27N3S/c1-16-9-11-18-19(15-16)27-23-21(18)22(26-13-5-6-14-26)24-20(25-23)12-10-17-7-3-2-4-8-17/h2-4,7-8,16H,5-6,9-15H2,1H3. The van der Waals surface area contributed by atoms with E-state index in [1.165, 1.54) is 53.7 Å². The van der Waals surface area contributed by atoms with Crippen molar-refractivity contribution in [2.24, 2.45) is 5.92 Å².